The molecule has 1 fully saturated rings. The molecule has 0 aliphatic carbocycles. The number of carbonyl (C=O) groups excluding carboxylic acids is 2. The lowest BCUT2D eigenvalue weighted by atomic mass is 10.1. The Bertz CT molecular complexity index is 667. The maximum absolute atomic E-state index is 12.8. The van der Waals surface area contributed by atoms with E-state index in [0.717, 1.165) is 24.9 Å². The Balaban J connectivity index is 0.00000196. The summed E-state index contributed by atoms with van der Waals surface area (Å²) in [6.07, 6.45) is 3.23. The minimum Gasteiger partial charge on any atom is -0.378 e. The van der Waals surface area contributed by atoms with Gasteiger partial charge in [-0.15, -0.1) is 24.8 Å². The van der Waals surface area contributed by atoms with E-state index in [1.54, 1.807) is 6.07 Å². The van der Waals surface area contributed by atoms with Crippen LogP contribution in [0.4, 0.5) is 11.4 Å². The van der Waals surface area contributed by atoms with Crippen LogP contribution in [-0.2, 0) is 9.53 Å². The molecule has 2 aliphatic heterocycles. The Morgan fingerprint density at radius 1 is 1.25 bits per heavy atom. The summed E-state index contributed by atoms with van der Waals surface area (Å²) in [6, 6.07) is 5.55. The molecule has 2 aliphatic rings. The molecule has 3 N–H and O–H groups in total. The number of fused-ring (bicyclic) bond motifs is 1. The molecule has 1 aromatic rings. The van der Waals surface area contributed by atoms with Gasteiger partial charge in [-0.25, -0.2) is 0 Å². The topological polar surface area (TPSA) is 87.9 Å². The van der Waals surface area contributed by atoms with E-state index in [1.807, 2.05) is 29.0 Å². The SMILES string of the molecule is CN1CCC(=O)Nc2cc(C(=O)N3CCC(OCCCN)CC3)ccc21.Cl.Cl. The molecule has 1 saturated heterocycles. The van der Waals surface area contributed by atoms with Crippen LogP contribution in [0.1, 0.15) is 36.0 Å². The van der Waals surface area contributed by atoms with E-state index in [9.17, 15) is 9.59 Å². The maximum Gasteiger partial charge on any atom is 0.253 e. The van der Waals surface area contributed by atoms with Crippen LogP contribution >= 0.6 is 24.8 Å². The van der Waals surface area contributed by atoms with E-state index >= 15 is 0 Å². The van der Waals surface area contributed by atoms with E-state index in [0.29, 0.717) is 50.5 Å². The fourth-order valence-corrected chi connectivity index (χ4v) is 3.45. The maximum atomic E-state index is 12.8. The Hall–Kier alpha value is -1.54. The van der Waals surface area contributed by atoms with Crippen molar-refractivity contribution >= 4 is 48.0 Å². The van der Waals surface area contributed by atoms with Gasteiger partial charge in [0.2, 0.25) is 5.91 Å². The predicted octanol–water partition coefficient (Wildman–Crippen LogP) is 2.28. The lowest BCUT2D eigenvalue weighted by Gasteiger charge is -2.32. The third-order valence-electron chi connectivity index (χ3n) is 5.03. The van der Waals surface area contributed by atoms with Crippen molar-refractivity contribution in [3.8, 4) is 0 Å². The average Bonchev–Trinajstić information content (AvgIpc) is 2.80. The first-order valence-electron chi connectivity index (χ1n) is 9.34. The summed E-state index contributed by atoms with van der Waals surface area (Å²) in [7, 11) is 1.95. The summed E-state index contributed by atoms with van der Waals surface area (Å²) >= 11 is 0. The molecule has 0 radical (unpaired) electrons. The largest absolute Gasteiger partial charge is 0.378 e. The van der Waals surface area contributed by atoms with Crippen molar-refractivity contribution in [1.82, 2.24) is 4.90 Å². The number of hydrogen-bond donors (Lipinski definition) is 2. The summed E-state index contributed by atoms with van der Waals surface area (Å²) in [6.45, 7) is 3.38. The molecule has 0 atom stereocenters. The van der Waals surface area contributed by atoms with Gasteiger partial charge >= 0.3 is 0 Å². The quantitative estimate of drug-likeness (QED) is 0.696. The molecule has 0 spiro atoms. The van der Waals surface area contributed by atoms with Crippen molar-refractivity contribution in [2.45, 2.75) is 31.8 Å². The highest BCUT2D eigenvalue weighted by Crippen LogP contribution is 2.29. The van der Waals surface area contributed by atoms with Crippen molar-refractivity contribution in [3.05, 3.63) is 23.8 Å². The molecule has 9 heteroatoms. The summed E-state index contributed by atoms with van der Waals surface area (Å²) in [4.78, 5) is 28.6. The van der Waals surface area contributed by atoms with Gasteiger partial charge in [-0.3, -0.25) is 9.59 Å². The van der Waals surface area contributed by atoms with Gasteiger partial charge in [0.05, 0.1) is 17.5 Å². The zero-order chi connectivity index (χ0) is 18.5. The normalized spacial score (nSPS) is 17.0. The van der Waals surface area contributed by atoms with Crippen molar-refractivity contribution in [2.75, 3.05) is 50.1 Å². The van der Waals surface area contributed by atoms with Gasteiger partial charge in [-0.2, -0.15) is 0 Å². The first-order chi connectivity index (χ1) is 12.6. The monoisotopic (exact) mass is 432 g/mol. The van der Waals surface area contributed by atoms with E-state index in [1.165, 1.54) is 0 Å². The third kappa shape index (κ3) is 5.98. The number of piperidine rings is 1. The van der Waals surface area contributed by atoms with Crippen LogP contribution in [0.25, 0.3) is 0 Å². The molecule has 3 rings (SSSR count). The number of halogens is 2. The molecule has 0 bridgehead atoms. The molecular weight excluding hydrogens is 403 g/mol. The van der Waals surface area contributed by atoms with Crippen molar-refractivity contribution in [2.24, 2.45) is 5.73 Å². The standard InChI is InChI=1S/C19H28N4O3.2ClH/c1-22-9-7-18(24)21-16-13-14(3-4-17(16)22)19(25)23-10-5-15(6-11-23)26-12-2-8-20;;/h3-4,13,15H,2,5-12,20H2,1H3,(H,21,24);2*1H. The second-order valence-corrected chi connectivity index (χ2v) is 6.96. The van der Waals surface area contributed by atoms with E-state index in [2.05, 4.69) is 5.32 Å². The number of hydrogen-bond acceptors (Lipinski definition) is 5. The number of carbonyl (C=O) groups is 2. The minimum absolute atomic E-state index is 0. The highest BCUT2D eigenvalue weighted by molar-refractivity contribution is 6.00. The molecule has 158 valence electrons. The van der Waals surface area contributed by atoms with Gasteiger partial charge in [-0.1, -0.05) is 0 Å². The summed E-state index contributed by atoms with van der Waals surface area (Å²) in [5.74, 6) is -0.00926. The van der Waals surface area contributed by atoms with E-state index in [4.69, 9.17) is 10.5 Å². The third-order valence-corrected chi connectivity index (χ3v) is 5.03. The Kier molecular flexibility index (Phi) is 10.0. The van der Waals surface area contributed by atoms with Gasteiger partial charge in [0.25, 0.3) is 5.91 Å². The molecule has 1 aromatic carbocycles. The van der Waals surface area contributed by atoms with Gasteiger partial charge < -0.3 is 25.6 Å². The second-order valence-electron chi connectivity index (χ2n) is 6.96. The lowest BCUT2D eigenvalue weighted by molar-refractivity contribution is -0.115. The highest BCUT2D eigenvalue weighted by Gasteiger charge is 2.25. The number of rotatable bonds is 5. The van der Waals surface area contributed by atoms with Gasteiger partial charge in [0, 0.05) is 45.3 Å². The number of nitrogens with zero attached hydrogens (tertiary/aromatic N) is 2. The Labute approximate surface area is 178 Å². The number of likely N-dealkylation sites (tertiary alicyclic amines) is 1. The second kappa shape index (κ2) is 11.5. The van der Waals surface area contributed by atoms with Gasteiger partial charge in [0.15, 0.2) is 0 Å². The van der Waals surface area contributed by atoms with Crippen LogP contribution in [0.5, 0.6) is 0 Å². The Morgan fingerprint density at radius 2 is 1.96 bits per heavy atom. The van der Waals surface area contributed by atoms with Crippen LogP contribution < -0.4 is 16.0 Å². The molecule has 2 heterocycles. The van der Waals surface area contributed by atoms with Gasteiger partial charge in [-0.05, 0) is 44.0 Å². The average molecular weight is 433 g/mol. The summed E-state index contributed by atoms with van der Waals surface area (Å²) in [5, 5.41) is 2.91. The van der Waals surface area contributed by atoms with Crippen LogP contribution in [0.15, 0.2) is 18.2 Å². The lowest BCUT2D eigenvalue weighted by Crippen LogP contribution is -2.41. The van der Waals surface area contributed by atoms with Crippen LogP contribution in [0.2, 0.25) is 0 Å². The molecule has 2 amide bonds. The van der Waals surface area contributed by atoms with Crippen molar-refractivity contribution < 1.29 is 14.3 Å². The number of benzene rings is 1. The molecule has 0 unspecified atom stereocenters. The number of ether oxygens (including phenoxy) is 1. The summed E-state index contributed by atoms with van der Waals surface area (Å²) < 4.78 is 5.80. The number of amides is 2. The number of anilines is 2. The zero-order valence-electron chi connectivity index (χ0n) is 16.2. The molecule has 0 aromatic heterocycles. The van der Waals surface area contributed by atoms with Gasteiger partial charge in [0.1, 0.15) is 0 Å². The fraction of sp³-hybridized carbons (Fsp3) is 0.579. The van der Waals surface area contributed by atoms with Crippen molar-refractivity contribution in [1.29, 1.82) is 0 Å². The first kappa shape index (κ1) is 24.5. The summed E-state index contributed by atoms with van der Waals surface area (Å²) in [5.41, 5.74) is 7.75. The Morgan fingerprint density at radius 3 is 2.64 bits per heavy atom. The van der Waals surface area contributed by atoms with Crippen LogP contribution in [-0.4, -0.2) is 62.7 Å². The smallest absolute Gasteiger partial charge is 0.253 e. The van der Waals surface area contributed by atoms with E-state index in [-0.39, 0.29) is 42.7 Å². The minimum atomic E-state index is -0.0179. The van der Waals surface area contributed by atoms with Crippen LogP contribution in [0.3, 0.4) is 0 Å². The van der Waals surface area contributed by atoms with E-state index < -0.39 is 0 Å². The zero-order valence-corrected chi connectivity index (χ0v) is 17.8. The molecule has 7 nitrogen and oxygen atoms in total. The number of nitrogens with two attached hydrogens (primary N) is 1. The highest BCUT2D eigenvalue weighted by atomic mass is 35.5. The first-order valence-corrected chi connectivity index (χ1v) is 9.34. The molecular formula is C19H30Cl2N4O3. The van der Waals surface area contributed by atoms with Crippen molar-refractivity contribution in [3.63, 3.8) is 0 Å². The van der Waals surface area contributed by atoms with Crippen LogP contribution in [0, 0.1) is 0 Å². The fourth-order valence-electron chi connectivity index (χ4n) is 3.45. The molecule has 28 heavy (non-hydrogen) atoms. The number of nitrogens with one attached hydrogen (secondary N) is 1. The predicted molar refractivity (Wildman–Crippen MR) is 116 cm³/mol. The molecule has 0 saturated carbocycles.